The van der Waals surface area contributed by atoms with E-state index in [4.69, 9.17) is 9.47 Å². The summed E-state index contributed by atoms with van der Waals surface area (Å²) in [4.78, 5) is 7.32. The van der Waals surface area contributed by atoms with Crippen LogP contribution in [-0.2, 0) is 10.8 Å². The monoisotopic (exact) mass is 1700 g/mol. The first-order chi connectivity index (χ1) is 60.9. The van der Waals surface area contributed by atoms with Gasteiger partial charge in [-0.3, -0.25) is 0 Å². The first kappa shape index (κ1) is 82.5. The minimum Gasteiger partial charge on any atom is -0.458 e. The van der Waals surface area contributed by atoms with Crippen molar-refractivity contribution < 1.29 is 9.47 Å². The molecule has 6 aliphatic rings. The molecule has 6 aliphatic heterocycles. The fourth-order valence-electron chi connectivity index (χ4n) is 21.3. The second-order valence-corrected chi connectivity index (χ2v) is 37.1. The number of benzene rings is 16. The number of nitrogens with zero attached hydrogens (tertiary/aromatic N) is 3. The highest BCUT2D eigenvalue weighted by Crippen LogP contribution is 2.65. The summed E-state index contributed by atoms with van der Waals surface area (Å²) in [6, 6.07) is 133. The number of hydrogen-bond donors (Lipinski definition) is 1. The molecule has 16 aromatic carbocycles. The minimum atomic E-state index is -0.584. The Balaban J connectivity index is 0.000000136. The van der Waals surface area contributed by atoms with Crippen molar-refractivity contribution in [2.45, 2.75) is 137 Å². The number of hydrogen-bond acceptors (Lipinski definition) is 6. The van der Waals surface area contributed by atoms with Crippen LogP contribution in [0.5, 0.6) is 23.0 Å². The van der Waals surface area contributed by atoms with Crippen molar-refractivity contribution in [1.29, 1.82) is 0 Å². The average Bonchev–Trinajstić information content (AvgIpc) is 0.686. The van der Waals surface area contributed by atoms with Crippen LogP contribution < -0.4 is 62.3 Å². The van der Waals surface area contributed by atoms with Gasteiger partial charge >= 0.3 is 0 Å². The molecule has 9 heteroatoms. The number of anilines is 11. The van der Waals surface area contributed by atoms with E-state index < -0.39 is 10.8 Å². The highest BCUT2D eigenvalue weighted by Gasteiger charge is 2.54. The van der Waals surface area contributed by atoms with E-state index in [1.807, 2.05) is 0 Å². The molecule has 0 saturated carbocycles. The Hall–Kier alpha value is -13.1. The maximum Gasteiger partial charge on any atom is 0.251 e. The van der Waals surface area contributed by atoms with Crippen LogP contribution >= 0.6 is 15.9 Å². The van der Waals surface area contributed by atoms with E-state index >= 15 is 0 Å². The van der Waals surface area contributed by atoms with Crippen molar-refractivity contribution in [1.82, 2.24) is 0 Å². The van der Waals surface area contributed by atoms with E-state index in [1.54, 1.807) is 0 Å². The second-order valence-electron chi connectivity index (χ2n) is 36.2. The third-order valence-electron chi connectivity index (χ3n) is 26.9. The van der Waals surface area contributed by atoms with E-state index in [1.165, 1.54) is 139 Å². The summed E-state index contributed by atoms with van der Waals surface area (Å²) in [6.45, 7) is 28.1. The van der Waals surface area contributed by atoms with Crippen molar-refractivity contribution in [3.05, 3.63) is 446 Å². The Labute approximate surface area is 755 Å². The van der Waals surface area contributed by atoms with Crippen LogP contribution in [-0.4, -0.2) is 13.4 Å². The zero-order chi connectivity index (χ0) is 85.7. The predicted molar refractivity (Wildman–Crippen MR) is 538 cm³/mol. The van der Waals surface area contributed by atoms with Crippen molar-refractivity contribution in [2.75, 3.05) is 20.0 Å². The molecule has 0 atom stereocenters. The minimum absolute atomic E-state index is 0. The third-order valence-corrected chi connectivity index (χ3v) is 27.4. The topological polar surface area (TPSA) is 40.2 Å². The lowest BCUT2D eigenvalue weighted by molar-refractivity contribution is 0.487. The fourth-order valence-corrected chi connectivity index (χ4v) is 21.7. The van der Waals surface area contributed by atoms with Gasteiger partial charge in [0, 0.05) is 39.0 Å². The highest BCUT2D eigenvalue weighted by atomic mass is 79.9. The molecular weight excluding hydrogens is 1590 g/mol. The van der Waals surface area contributed by atoms with Gasteiger partial charge in [0.25, 0.3) is 13.4 Å². The van der Waals surface area contributed by atoms with Crippen molar-refractivity contribution >= 4 is 125 Å². The lowest BCUT2D eigenvalue weighted by Crippen LogP contribution is -2.57. The quantitative estimate of drug-likeness (QED) is 0.130. The fraction of sp³-hybridized carbons (Fsp3) is 0.179. The molecular formula is C117H107B2BrN4O2. The van der Waals surface area contributed by atoms with Crippen molar-refractivity contribution in [2.24, 2.45) is 0 Å². The lowest BCUT2D eigenvalue weighted by Gasteiger charge is -2.51. The molecule has 0 amide bonds. The molecule has 0 fully saturated rings. The van der Waals surface area contributed by atoms with Crippen LogP contribution in [0.4, 0.5) is 62.6 Å². The maximum atomic E-state index is 7.02. The summed E-state index contributed by atoms with van der Waals surface area (Å²) in [5.41, 5.74) is 38.5. The molecule has 1 N–H and O–H groups in total. The van der Waals surface area contributed by atoms with E-state index in [0.717, 1.165) is 61.6 Å². The standard InChI is InChI=1S/C58H51BN2O.C31H22N2.C27H30BBrO.CH4/c1-37(2)40-34-43(38(3)4)57(44(35-40)39(5)6)59-49-26-14-19-31-55(49)62-56-36-42(32-33-50(56)59)61-53-29-17-12-24-47(53)58(48-25-13-18-30-54(48)61)45-22-10-15-27-51(45)60(41-20-8-7-9-21-41)52-28-16-11-23-46(52)58;1-2-12-22(13-3-1)33-29-20-10-6-16-25(29)31(26-17-7-11-21-30(26)33)23-14-4-8-18-27(23)32-28-19-9-5-15-24(28)31;1-16(2)19-13-21(17(3)4)27(22(14-19)18(5)6)28-23-9-7-8-10-25(23)30-26-15-20(29)11-12-24(26)28;/h7-39H,1-6H3;1-21,32H;7-18H,1-6H3;1H4. The summed E-state index contributed by atoms with van der Waals surface area (Å²) < 4.78 is 14.4. The Morgan fingerprint density at radius 1 is 0.254 bits per heavy atom. The smallest absolute Gasteiger partial charge is 0.251 e. The van der Waals surface area contributed by atoms with E-state index in [-0.39, 0.29) is 20.9 Å². The van der Waals surface area contributed by atoms with Gasteiger partial charge in [-0.05, 0) is 238 Å². The van der Waals surface area contributed by atoms with Gasteiger partial charge in [-0.25, -0.2) is 0 Å². The molecule has 16 aromatic rings. The molecule has 2 spiro atoms. The summed E-state index contributed by atoms with van der Waals surface area (Å²) in [6.07, 6.45) is 0. The first-order valence-corrected chi connectivity index (χ1v) is 45.6. The second kappa shape index (κ2) is 33.4. The SMILES string of the molecule is C.CC(C)c1cc(C(C)C)c(B2c3ccccc3Oc3cc(Br)ccc32)c(C(C)C)c1.CC(C)c1cc(C(C)C)c(B2c3ccccc3Oc3cc(N4c5ccccc5C5(c6ccccc6N(c6ccccc6)c6ccccc65)c5ccccc54)ccc32)c(C(C)C)c1.c1ccc(N2c3ccccc3C3(c4ccccc4Nc4ccccc43)c3ccccc32)cc1. The lowest BCUT2D eigenvalue weighted by atomic mass is 9.34. The van der Waals surface area contributed by atoms with Crippen LogP contribution in [0.25, 0.3) is 0 Å². The van der Waals surface area contributed by atoms with Gasteiger partial charge < -0.3 is 29.5 Å². The molecule has 6 heterocycles. The number of ether oxygens (including phenoxy) is 2. The maximum absolute atomic E-state index is 7.02. The van der Waals surface area contributed by atoms with Gasteiger partial charge in [-0.2, -0.15) is 0 Å². The predicted octanol–water partition coefficient (Wildman–Crippen LogP) is 28.6. The van der Waals surface area contributed by atoms with E-state index in [9.17, 15) is 0 Å². The number of fused-ring (bicyclic) bond motifs is 20. The summed E-state index contributed by atoms with van der Waals surface area (Å²) in [5.74, 6) is 6.33. The Morgan fingerprint density at radius 3 is 0.865 bits per heavy atom. The van der Waals surface area contributed by atoms with Gasteiger partial charge in [-0.1, -0.05) is 372 Å². The van der Waals surface area contributed by atoms with Gasteiger partial charge in [-0.15, -0.1) is 0 Å². The van der Waals surface area contributed by atoms with Gasteiger partial charge in [0.15, 0.2) is 0 Å². The summed E-state index contributed by atoms with van der Waals surface area (Å²) in [5, 5.41) is 3.70. The Kier molecular flexibility index (Phi) is 21.9. The van der Waals surface area contributed by atoms with Gasteiger partial charge in [0.2, 0.25) is 0 Å². The van der Waals surface area contributed by atoms with Crippen molar-refractivity contribution in [3.63, 3.8) is 0 Å². The molecule has 22 rings (SSSR count). The zero-order valence-corrected chi connectivity index (χ0v) is 74.9. The van der Waals surface area contributed by atoms with E-state index in [0.29, 0.717) is 35.5 Å². The van der Waals surface area contributed by atoms with Crippen LogP contribution in [0.1, 0.15) is 204 Å². The van der Waals surface area contributed by atoms with Gasteiger partial charge in [0.1, 0.15) is 23.0 Å². The number of rotatable bonds is 11. The Bertz CT molecular complexity index is 6580. The molecule has 0 saturated heterocycles. The number of para-hydroxylation sites is 12. The first-order valence-electron chi connectivity index (χ1n) is 44.8. The summed E-state index contributed by atoms with van der Waals surface area (Å²) >= 11 is 3.63. The largest absolute Gasteiger partial charge is 0.458 e. The molecule has 0 unspecified atom stereocenters. The molecule has 0 aromatic heterocycles. The molecule has 0 radical (unpaired) electrons. The Morgan fingerprint density at radius 2 is 0.524 bits per heavy atom. The normalized spacial score (nSPS) is 13.9. The number of nitrogens with one attached hydrogen (secondary N) is 1. The summed E-state index contributed by atoms with van der Waals surface area (Å²) in [7, 11) is 0. The van der Waals surface area contributed by atoms with Crippen LogP contribution in [0.3, 0.4) is 0 Å². The zero-order valence-electron chi connectivity index (χ0n) is 73.3. The number of halogens is 1. The molecule has 6 nitrogen and oxygen atoms in total. The molecule has 126 heavy (non-hydrogen) atoms. The highest BCUT2D eigenvalue weighted by molar-refractivity contribution is 9.10. The van der Waals surface area contributed by atoms with Crippen LogP contribution in [0.15, 0.2) is 368 Å². The van der Waals surface area contributed by atoms with E-state index in [2.05, 4.69) is 483 Å². The average molecular weight is 1700 g/mol. The molecule has 620 valence electrons. The third kappa shape index (κ3) is 13.5. The van der Waals surface area contributed by atoms with Crippen molar-refractivity contribution in [3.8, 4) is 23.0 Å². The van der Waals surface area contributed by atoms with Crippen LogP contribution in [0.2, 0.25) is 0 Å². The molecule has 0 bridgehead atoms. The molecule has 0 aliphatic carbocycles. The van der Waals surface area contributed by atoms with Gasteiger partial charge in [0.05, 0.1) is 45.0 Å². The van der Waals surface area contributed by atoms with Crippen LogP contribution in [0, 0.1) is 0 Å².